The van der Waals surface area contributed by atoms with E-state index < -0.39 is 17.2 Å². The number of amides is 2. The number of ether oxygens (including phenoxy) is 1. The minimum Gasteiger partial charge on any atom is -0.381 e. The summed E-state index contributed by atoms with van der Waals surface area (Å²) in [6, 6.07) is 12.9. The van der Waals surface area contributed by atoms with E-state index in [9.17, 15) is 18.0 Å². The molecule has 1 saturated heterocycles. The number of carbonyl (C=O) groups excluding carboxylic acids is 1. The van der Waals surface area contributed by atoms with Crippen molar-refractivity contribution < 1.29 is 22.7 Å². The average Bonchev–Trinajstić information content (AvgIpc) is 2.77. The predicted octanol–water partition coefficient (Wildman–Crippen LogP) is 4.97. The number of nitrogens with one attached hydrogen (secondary N) is 2. The Labute approximate surface area is 178 Å². The van der Waals surface area contributed by atoms with Crippen molar-refractivity contribution in [1.82, 2.24) is 10.6 Å². The van der Waals surface area contributed by atoms with Gasteiger partial charge >= 0.3 is 12.2 Å². The van der Waals surface area contributed by atoms with Crippen LogP contribution in [-0.2, 0) is 22.9 Å². The Balaban J connectivity index is 1.65. The van der Waals surface area contributed by atoms with E-state index in [0.29, 0.717) is 38.2 Å². The molecule has 0 unspecified atom stereocenters. The van der Waals surface area contributed by atoms with Gasteiger partial charge < -0.3 is 15.4 Å². The van der Waals surface area contributed by atoms with E-state index in [2.05, 4.69) is 10.6 Å². The molecule has 3 rings (SSSR count). The standard InChI is InChI=1S/C22H25F3N2O2S/c1-30-19-7-5-16(6-8-19)14-26-20(28)27-15-21(9-11-29-12-10-21)17-3-2-4-18(13-17)22(23,24)25/h2-8,13H,9-12,14-15H2,1H3,(H2,26,27,28). The van der Waals surface area contributed by atoms with E-state index in [1.807, 2.05) is 30.5 Å². The van der Waals surface area contributed by atoms with Crippen molar-refractivity contribution in [2.45, 2.75) is 35.9 Å². The van der Waals surface area contributed by atoms with Crippen molar-refractivity contribution in [2.75, 3.05) is 26.0 Å². The van der Waals surface area contributed by atoms with Crippen molar-refractivity contribution in [2.24, 2.45) is 0 Å². The van der Waals surface area contributed by atoms with E-state index in [0.717, 1.165) is 16.5 Å². The number of carbonyl (C=O) groups is 1. The van der Waals surface area contributed by atoms with Gasteiger partial charge in [0.2, 0.25) is 0 Å². The van der Waals surface area contributed by atoms with Gasteiger partial charge in [-0.2, -0.15) is 13.2 Å². The van der Waals surface area contributed by atoms with Crippen LogP contribution in [0.5, 0.6) is 0 Å². The van der Waals surface area contributed by atoms with E-state index in [-0.39, 0.29) is 12.6 Å². The number of rotatable bonds is 6. The summed E-state index contributed by atoms with van der Waals surface area (Å²) in [4.78, 5) is 13.5. The zero-order valence-electron chi connectivity index (χ0n) is 16.7. The molecule has 0 radical (unpaired) electrons. The molecule has 8 heteroatoms. The first kappa shape index (κ1) is 22.5. The fraction of sp³-hybridized carbons (Fsp3) is 0.409. The summed E-state index contributed by atoms with van der Waals surface area (Å²) < 4.78 is 45.0. The highest BCUT2D eigenvalue weighted by atomic mass is 32.2. The first-order valence-corrected chi connectivity index (χ1v) is 10.9. The molecule has 2 aromatic carbocycles. The number of benzene rings is 2. The van der Waals surface area contributed by atoms with Crippen LogP contribution in [-0.4, -0.2) is 32.0 Å². The van der Waals surface area contributed by atoms with E-state index in [4.69, 9.17) is 4.74 Å². The van der Waals surface area contributed by atoms with Gasteiger partial charge in [-0.15, -0.1) is 11.8 Å². The van der Waals surface area contributed by atoms with Gasteiger partial charge in [-0.25, -0.2) is 4.79 Å². The number of hydrogen-bond donors (Lipinski definition) is 2. The Bertz CT molecular complexity index is 850. The van der Waals surface area contributed by atoms with Gasteiger partial charge in [0.15, 0.2) is 0 Å². The summed E-state index contributed by atoms with van der Waals surface area (Å²) in [6.45, 7) is 1.51. The molecule has 0 bridgehead atoms. The molecule has 2 amide bonds. The second-order valence-corrected chi connectivity index (χ2v) is 8.24. The summed E-state index contributed by atoms with van der Waals surface area (Å²) in [6.07, 6.45) is -1.31. The molecule has 0 saturated carbocycles. The molecule has 0 aromatic heterocycles. The van der Waals surface area contributed by atoms with Crippen LogP contribution >= 0.6 is 11.8 Å². The summed E-state index contributed by atoms with van der Waals surface area (Å²) in [7, 11) is 0. The SMILES string of the molecule is CSc1ccc(CNC(=O)NCC2(c3cccc(C(F)(F)F)c3)CCOCC2)cc1. The van der Waals surface area contributed by atoms with Crippen LogP contribution in [0.15, 0.2) is 53.4 Å². The van der Waals surface area contributed by atoms with Crippen LogP contribution in [0.2, 0.25) is 0 Å². The highest BCUT2D eigenvalue weighted by Gasteiger charge is 2.37. The lowest BCUT2D eigenvalue weighted by atomic mass is 9.73. The van der Waals surface area contributed by atoms with Crippen LogP contribution in [0.3, 0.4) is 0 Å². The fourth-order valence-corrected chi connectivity index (χ4v) is 4.00. The third-order valence-electron chi connectivity index (χ3n) is 5.45. The summed E-state index contributed by atoms with van der Waals surface area (Å²) in [5, 5.41) is 5.66. The van der Waals surface area contributed by atoms with Gasteiger partial charge in [0.25, 0.3) is 0 Å². The number of alkyl halides is 3. The lowest BCUT2D eigenvalue weighted by molar-refractivity contribution is -0.137. The monoisotopic (exact) mass is 438 g/mol. The minimum atomic E-state index is -4.40. The molecular weight excluding hydrogens is 413 g/mol. The second kappa shape index (κ2) is 9.75. The Morgan fingerprint density at radius 2 is 1.80 bits per heavy atom. The molecule has 0 spiro atoms. The zero-order chi connectivity index (χ0) is 21.6. The Morgan fingerprint density at radius 1 is 1.10 bits per heavy atom. The number of thioether (sulfide) groups is 1. The molecule has 1 aliphatic heterocycles. The van der Waals surface area contributed by atoms with Crippen molar-refractivity contribution in [3.05, 3.63) is 65.2 Å². The quantitative estimate of drug-likeness (QED) is 0.626. The van der Waals surface area contributed by atoms with Gasteiger partial charge in [0.05, 0.1) is 5.56 Å². The molecule has 0 aliphatic carbocycles. The molecule has 2 N–H and O–H groups in total. The van der Waals surface area contributed by atoms with Crippen LogP contribution in [0.25, 0.3) is 0 Å². The first-order valence-electron chi connectivity index (χ1n) is 9.72. The molecule has 1 fully saturated rings. The van der Waals surface area contributed by atoms with Crippen molar-refractivity contribution in [1.29, 1.82) is 0 Å². The van der Waals surface area contributed by atoms with Crippen LogP contribution in [0.1, 0.15) is 29.5 Å². The third kappa shape index (κ3) is 5.70. The van der Waals surface area contributed by atoms with Gasteiger partial charge in [0, 0.05) is 36.6 Å². The average molecular weight is 439 g/mol. The van der Waals surface area contributed by atoms with Crippen LogP contribution < -0.4 is 10.6 Å². The fourth-order valence-electron chi connectivity index (χ4n) is 3.59. The van der Waals surface area contributed by atoms with Crippen LogP contribution in [0.4, 0.5) is 18.0 Å². The first-order chi connectivity index (χ1) is 14.3. The smallest absolute Gasteiger partial charge is 0.381 e. The van der Waals surface area contributed by atoms with E-state index >= 15 is 0 Å². The number of urea groups is 1. The molecule has 1 aliphatic rings. The maximum atomic E-state index is 13.2. The van der Waals surface area contributed by atoms with Crippen molar-refractivity contribution in [3.8, 4) is 0 Å². The molecular formula is C22H25F3N2O2S. The van der Waals surface area contributed by atoms with Crippen molar-refractivity contribution in [3.63, 3.8) is 0 Å². The predicted molar refractivity (Wildman–Crippen MR) is 112 cm³/mol. The number of halogens is 3. The van der Waals surface area contributed by atoms with E-state index in [1.54, 1.807) is 17.8 Å². The molecule has 0 atom stereocenters. The molecule has 1 heterocycles. The molecule has 4 nitrogen and oxygen atoms in total. The highest BCUT2D eigenvalue weighted by molar-refractivity contribution is 7.98. The van der Waals surface area contributed by atoms with Gasteiger partial charge in [-0.3, -0.25) is 0 Å². The molecule has 2 aromatic rings. The Morgan fingerprint density at radius 3 is 2.43 bits per heavy atom. The highest BCUT2D eigenvalue weighted by Crippen LogP contribution is 2.37. The topological polar surface area (TPSA) is 50.4 Å². The normalized spacial score (nSPS) is 16.1. The molecule has 30 heavy (non-hydrogen) atoms. The minimum absolute atomic E-state index is 0.245. The summed E-state index contributed by atoms with van der Waals surface area (Å²) in [5.74, 6) is 0. The Hall–Kier alpha value is -2.19. The zero-order valence-corrected chi connectivity index (χ0v) is 17.5. The Kier molecular flexibility index (Phi) is 7.31. The van der Waals surface area contributed by atoms with Crippen LogP contribution in [0, 0.1) is 0 Å². The lowest BCUT2D eigenvalue weighted by Gasteiger charge is -2.38. The molecule has 162 valence electrons. The van der Waals surface area contributed by atoms with Gasteiger partial charge in [0.1, 0.15) is 0 Å². The van der Waals surface area contributed by atoms with E-state index in [1.165, 1.54) is 12.1 Å². The number of hydrogen-bond acceptors (Lipinski definition) is 3. The summed E-state index contributed by atoms with van der Waals surface area (Å²) in [5.41, 5.74) is 0.288. The van der Waals surface area contributed by atoms with Gasteiger partial charge in [-0.05, 0) is 48.4 Å². The van der Waals surface area contributed by atoms with Gasteiger partial charge in [-0.1, -0.05) is 30.3 Å². The summed E-state index contributed by atoms with van der Waals surface area (Å²) >= 11 is 1.65. The van der Waals surface area contributed by atoms with Crippen molar-refractivity contribution >= 4 is 17.8 Å². The maximum absolute atomic E-state index is 13.2. The maximum Gasteiger partial charge on any atom is 0.416 e. The third-order valence-corrected chi connectivity index (χ3v) is 6.20. The second-order valence-electron chi connectivity index (χ2n) is 7.36. The lowest BCUT2D eigenvalue weighted by Crippen LogP contribution is -2.47. The largest absolute Gasteiger partial charge is 0.416 e.